The molecule has 0 spiro atoms. The molecular weight excluding hydrogens is 532 g/mol. The molecule has 0 aliphatic rings. The first-order valence-corrected chi connectivity index (χ1v) is 9.78. The molecule has 2 rings (SSSR count). The summed E-state index contributed by atoms with van der Waals surface area (Å²) in [7, 11) is 0. The predicted octanol–water partition coefficient (Wildman–Crippen LogP) is 3.88. The summed E-state index contributed by atoms with van der Waals surface area (Å²) in [6, 6.07) is 4.95. The third kappa shape index (κ3) is 8.63. The van der Waals surface area contributed by atoms with E-state index >= 15 is 0 Å². The van der Waals surface area contributed by atoms with Crippen molar-refractivity contribution in [1.29, 1.82) is 0 Å². The molecule has 0 fully saturated rings. The van der Waals surface area contributed by atoms with E-state index < -0.39 is 6.10 Å². The third-order valence-electron chi connectivity index (χ3n) is 3.71. The Morgan fingerprint density at radius 2 is 1.93 bits per heavy atom. The van der Waals surface area contributed by atoms with Gasteiger partial charge in [0.2, 0.25) is 5.89 Å². The molecule has 2 atom stereocenters. The zero-order chi connectivity index (χ0) is 20.5. The van der Waals surface area contributed by atoms with Crippen LogP contribution < -0.4 is 10.6 Å². The van der Waals surface area contributed by atoms with Gasteiger partial charge >= 0.3 is 0 Å². The average molecular weight is 558 g/mol. The fourth-order valence-electron chi connectivity index (χ4n) is 2.39. The van der Waals surface area contributed by atoms with Crippen molar-refractivity contribution in [3.05, 3.63) is 45.5 Å². The highest BCUT2D eigenvalue weighted by atomic mass is 127. The third-order valence-corrected chi connectivity index (χ3v) is 4.15. The van der Waals surface area contributed by atoms with Crippen molar-refractivity contribution in [3.63, 3.8) is 0 Å². The van der Waals surface area contributed by atoms with E-state index in [2.05, 4.69) is 25.8 Å². The van der Waals surface area contributed by atoms with E-state index in [1.165, 1.54) is 0 Å². The Hall–Kier alpha value is -1.14. The molecule has 1 aromatic heterocycles. The Kier molecular flexibility index (Phi) is 11.8. The highest BCUT2D eigenvalue weighted by Gasteiger charge is 2.14. The van der Waals surface area contributed by atoms with Crippen LogP contribution in [0.25, 0.3) is 0 Å². The molecule has 2 aromatic rings. The van der Waals surface area contributed by atoms with Crippen LogP contribution in [-0.2, 0) is 11.3 Å². The maximum absolute atomic E-state index is 10.4. The summed E-state index contributed by atoms with van der Waals surface area (Å²) in [4.78, 5) is 8.68. The van der Waals surface area contributed by atoms with E-state index in [0.717, 1.165) is 0 Å². The fraction of sp³-hybridized carbons (Fsp3) is 0.500. The molecule has 1 aromatic carbocycles. The molecule has 0 radical (unpaired) electrons. The molecule has 0 saturated heterocycles. The number of ether oxygens (including phenoxy) is 1. The lowest BCUT2D eigenvalue weighted by Crippen LogP contribution is -2.39. The van der Waals surface area contributed by atoms with Gasteiger partial charge in [-0.3, -0.25) is 0 Å². The quantitative estimate of drug-likeness (QED) is 0.244. The van der Waals surface area contributed by atoms with Gasteiger partial charge < -0.3 is 25.0 Å². The number of aliphatic hydroxyl groups is 1. The Morgan fingerprint density at radius 1 is 1.24 bits per heavy atom. The highest BCUT2D eigenvalue weighted by molar-refractivity contribution is 14.0. The summed E-state index contributed by atoms with van der Waals surface area (Å²) in [6.45, 7) is 7.34. The lowest BCUT2D eigenvalue weighted by atomic mass is 10.1. The fourth-order valence-corrected chi connectivity index (χ4v) is 2.93. The number of nitrogens with zero attached hydrogens (tertiary/aromatic N) is 3. The van der Waals surface area contributed by atoms with Crippen LogP contribution in [0.1, 0.15) is 50.3 Å². The molecule has 0 aliphatic carbocycles. The highest BCUT2D eigenvalue weighted by Crippen LogP contribution is 2.23. The number of halogens is 3. The maximum Gasteiger partial charge on any atom is 0.248 e. The number of rotatable bonds is 9. The van der Waals surface area contributed by atoms with Gasteiger partial charge in [-0.1, -0.05) is 28.4 Å². The second-order valence-corrected chi connectivity index (χ2v) is 6.81. The Balaban J connectivity index is 0.00000420. The summed E-state index contributed by atoms with van der Waals surface area (Å²) in [5, 5.41) is 21.4. The normalized spacial score (nSPS) is 13.5. The summed E-state index contributed by atoms with van der Waals surface area (Å²) in [6.07, 6.45) is -1.04. The van der Waals surface area contributed by atoms with Crippen LogP contribution in [-0.4, -0.2) is 40.9 Å². The minimum atomic E-state index is -0.804. The standard InChI is InChI=1S/C18H25Cl2N5O3.HI/c1-4-21-18(22-9-15(26)12-6-13(19)8-14(20)7-12)23-10-16-24-17(25-28-16)11(3)27-5-2;/h6-8,11,15,26H,4-5,9-10H2,1-3H3,(H2,21,22,23);1H. The maximum atomic E-state index is 10.4. The van der Waals surface area contributed by atoms with Gasteiger partial charge in [-0.25, -0.2) is 4.99 Å². The van der Waals surface area contributed by atoms with E-state index in [-0.39, 0.29) is 43.2 Å². The molecule has 2 unspecified atom stereocenters. The van der Waals surface area contributed by atoms with Gasteiger partial charge in [0.1, 0.15) is 12.6 Å². The van der Waals surface area contributed by atoms with Gasteiger partial charge in [-0.05, 0) is 44.5 Å². The van der Waals surface area contributed by atoms with Crippen LogP contribution in [0.2, 0.25) is 10.0 Å². The minimum Gasteiger partial charge on any atom is -0.387 e. The number of nitrogens with one attached hydrogen (secondary N) is 2. The largest absolute Gasteiger partial charge is 0.387 e. The van der Waals surface area contributed by atoms with Crippen molar-refractivity contribution in [2.45, 2.75) is 39.5 Å². The lowest BCUT2D eigenvalue weighted by Gasteiger charge is -2.15. The van der Waals surface area contributed by atoms with Gasteiger partial charge in [0.25, 0.3) is 0 Å². The monoisotopic (exact) mass is 557 g/mol. The molecular formula is C18H26Cl2IN5O3. The Labute approximate surface area is 197 Å². The van der Waals surface area contributed by atoms with E-state index in [1.807, 2.05) is 20.8 Å². The first-order valence-electron chi connectivity index (χ1n) is 9.03. The molecule has 3 N–H and O–H groups in total. The van der Waals surface area contributed by atoms with Gasteiger partial charge in [-0.15, -0.1) is 24.0 Å². The van der Waals surface area contributed by atoms with Crippen LogP contribution in [0, 0.1) is 0 Å². The summed E-state index contributed by atoms with van der Waals surface area (Å²) >= 11 is 12.0. The van der Waals surface area contributed by atoms with Gasteiger partial charge in [-0.2, -0.15) is 4.98 Å². The zero-order valence-corrected chi connectivity index (χ0v) is 20.3. The molecule has 0 bridgehead atoms. The number of hydrogen-bond donors (Lipinski definition) is 3. The van der Waals surface area contributed by atoms with Gasteiger partial charge in [0.15, 0.2) is 11.8 Å². The average Bonchev–Trinajstić information content (AvgIpc) is 3.12. The van der Waals surface area contributed by atoms with Crippen molar-refractivity contribution in [1.82, 2.24) is 20.8 Å². The summed E-state index contributed by atoms with van der Waals surface area (Å²) < 4.78 is 10.6. The number of aliphatic hydroxyl groups excluding tert-OH is 1. The Morgan fingerprint density at radius 3 is 2.55 bits per heavy atom. The molecule has 0 aliphatic heterocycles. The minimum absolute atomic E-state index is 0. The SMILES string of the molecule is CCNC(=NCc1nc(C(C)OCC)no1)NCC(O)c1cc(Cl)cc(Cl)c1.I. The van der Waals surface area contributed by atoms with Crippen molar-refractivity contribution in [2.24, 2.45) is 4.99 Å². The van der Waals surface area contributed by atoms with Crippen LogP contribution in [0.3, 0.4) is 0 Å². The molecule has 11 heteroatoms. The van der Waals surface area contributed by atoms with E-state index in [9.17, 15) is 5.11 Å². The first-order chi connectivity index (χ1) is 13.4. The summed E-state index contributed by atoms with van der Waals surface area (Å²) in [5.41, 5.74) is 0.618. The smallest absolute Gasteiger partial charge is 0.248 e. The van der Waals surface area contributed by atoms with Crippen LogP contribution in [0.5, 0.6) is 0 Å². The van der Waals surface area contributed by atoms with Crippen molar-refractivity contribution in [3.8, 4) is 0 Å². The molecule has 1 heterocycles. The molecule has 8 nitrogen and oxygen atoms in total. The van der Waals surface area contributed by atoms with E-state index in [0.29, 0.717) is 46.4 Å². The number of benzene rings is 1. The molecule has 162 valence electrons. The van der Waals surface area contributed by atoms with E-state index in [1.54, 1.807) is 18.2 Å². The van der Waals surface area contributed by atoms with Gasteiger partial charge in [0.05, 0.1) is 6.10 Å². The van der Waals surface area contributed by atoms with Crippen LogP contribution in [0.15, 0.2) is 27.7 Å². The van der Waals surface area contributed by atoms with Crippen LogP contribution in [0.4, 0.5) is 0 Å². The zero-order valence-electron chi connectivity index (χ0n) is 16.5. The number of aromatic nitrogens is 2. The van der Waals surface area contributed by atoms with Crippen molar-refractivity contribution < 1.29 is 14.4 Å². The second-order valence-electron chi connectivity index (χ2n) is 5.94. The topological polar surface area (TPSA) is 105 Å². The molecule has 0 amide bonds. The van der Waals surface area contributed by atoms with Gasteiger partial charge in [0, 0.05) is 29.7 Å². The lowest BCUT2D eigenvalue weighted by molar-refractivity contribution is 0.0683. The molecule has 0 saturated carbocycles. The number of guanidine groups is 1. The van der Waals surface area contributed by atoms with E-state index in [4.69, 9.17) is 32.5 Å². The molecule has 29 heavy (non-hydrogen) atoms. The van der Waals surface area contributed by atoms with Crippen LogP contribution >= 0.6 is 47.2 Å². The first kappa shape index (κ1) is 25.9. The summed E-state index contributed by atoms with van der Waals surface area (Å²) in [5.74, 6) is 1.37. The number of aliphatic imine (C=N–C) groups is 1. The van der Waals surface area contributed by atoms with Crippen molar-refractivity contribution >= 4 is 53.1 Å². The second kappa shape index (κ2) is 13.2. The predicted molar refractivity (Wildman–Crippen MR) is 124 cm³/mol. The Bertz CT molecular complexity index is 770. The van der Waals surface area contributed by atoms with Crippen molar-refractivity contribution in [2.75, 3.05) is 19.7 Å². The number of hydrogen-bond acceptors (Lipinski definition) is 6.